The third-order valence-corrected chi connectivity index (χ3v) is 6.96. The summed E-state index contributed by atoms with van der Waals surface area (Å²) in [6, 6.07) is 0. The zero-order valence-corrected chi connectivity index (χ0v) is 13.3. The van der Waals surface area contributed by atoms with Crippen molar-refractivity contribution in [2.24, 2.45) is 0 Å². The van der Waals surface area contributed by atoms with Crippen LogP contribution in [-0.2, 0) is 9.84 Å². The van der Waals surface area contributed by atoms with E-state index in [1.54, 1.807) is 0 Å². The number of sulfone groups is 1. The number of rotatable bonds is 8. The van der Waals surface area contributed by atoms with Gasteiger partial charge >= 0.3 is 0 Å². The quantitative estimate of drug-likeness (QED) is 0.714. The van der Waals surface area contributed by atoms with E-state index < -0.39 is 9.84 Å². The summed E-state index contributed by atoms with van der Waals surface area (Å²) < 4.78 is 28.5. The van der Waals surface area contributed by atoms with Gasteiger partial charge in [0, 0.05) is 6.54 Å². The second-order valence-electron chi connectivity index (χ2n) is 4.60. The molecule has 0 amide bonds. The van der Waals surface area contributed by atoms with E-state index in [2.05, 4.69) is 15.9 Å². The molecule has 1 heterocycles. The molecular formula is C11H19N3O2S3. The molecule has 0 spiro atoms. The van der Waals surface area contributed by atoms with E-state index in [1.807, 2.05) is 11.8 Å². The highest BCUT2D eigenvalue weighted by atomic mass is 32.2. The molecule has 1 aromatic heterocycles. The van der Waals surface area contributed by atoms with Crippen LogP contribution in [0.4, 0.5) is 10.8 Å². The molecule has 0 bridgehead atoms. The highest BCUT2D eigenvalue weighted by Gasteiger charge is 2.40. The van der Waals surface area contributed by atoms with Crippen LogP contribution in [0.25, 0.3) is 0 Å². The van der Waals surface area contributed by atoms with Gasteiger partial charge < -0.3 is 11.1 Å². The maximum atomic E-state index is 12.3. The van der Waals surface area contributed by atoms with E-state index in [-0.39, 0.29) is 16.0 Å². The van der Waals surface area contributed by atoms with Crippen molar-refractivity contribution < 1.29 is 8.42 Å². The molecule has 8 heteroatoms. The summed E-state index contributed by atoms with van der Waals surface area (Å²) in [5.74, 6) is 1.27. The predicted octanol–water partition coefficient (Wildman–Crippen LogP) is 2.22. The van der Waals surface area contributed by atoms with Gasteiger partial charge in [-0.2, -0.15) is 16.1 Å². The molecule has 1 aliphatic carbocycles. The zero-order valence-electron chi connectivity index (χ0n) is 10.9. The molecule has 0 aliphatic heterocycles. The lowest BCUT2D eigenvalue weighted by Gasteiger charge is -2.07. The van der Waals surface area contributed by atoms with Crippen molar-refractivity contribution in [3.05, 3.63) is 0 Å². The smallest absolute Gasteiger partial charge is 0.187 e. The summed E-state index contributed by atoms with van der Waals surface area (Å²) in [7, 11) is -3.27. The van der Waals surface area contributed by atoms with Crippen molar-refractivity contribution in [3.8, 4) is 0 Å². The fraction of sp³-hybridized carbons (Fsp3) is 0.727. The Bertz CT molecular complexity index is 523. The van der Waals surface area contributed by atoms with Gasteiger partial charge in [-0.15, -0.1) is 0 Å². The zero-order chi connectivity index (χ0) is 13.9. The van der Waals surface area contributed by atoms with Crippen LogP contribution >= 0.6 is 23.3 Å². The van der Waals surface area contributed by atoms with E-state index >= 15 is 0 Å². The number of nitrogens with zero attached hydrogens (tertiary/aromatic N) is 1. The Balaban J connectivity index is 2.02. The van der Waals surface area contributed by atoms with Crippen molar-refractivity contribution in [2.75, 3.05) is 29.6 Å². The van der Waals surface area contributed by atoms with E-state index in [4.69, 9.17) is 5.73 Å². The largest absolute Gasteiger partial charge is 0.382 e. The number of hydrogen-bond donors (Lipinski definition) is 2. The minimum Gasteiger partial charge on any atom is -0.382 e. The van der Waals surface area contributed by atoms with Gasteiger partial charge in [-0.3, -0.25) is 0 Å². The Labute approximate surface area is 122 Å². The molecular weight excluding hydrogens is 302 g/mol. The Morgan fingerprint density at radius 3 is 2.84 bits per heavy atom. The first-order valence-electron chi connectivity index (χ1n) is 6.29. The number of nitrogen functional groups attached to an aromatic ring is 1. The van der Waals surface area contributed by atoms with Crippen LogP contribution in [0.5, 0.6) is 0 Å². The lowest BCUT2D eigenvalue weighted by Crippen LogP contribution is -2.12. The maximum absolute atomic E-state index is 12.3. The number of anilines is 2. The Morgan fingerprint density at radius 2 is 2.21 bits per heavy atom. The van der Waals surface area contributed by atoms with Crippen molar-refractivity contribution in [1.82, 2.24) is 4.37 Å². The van der Waals surface area contributed by atoms with Gasteiger partial charge in [-0.05, 0) is 49.2 Å². The molecule has 3 N–H and O–H groups in total. The molecule has 108 valence electrons. The summed E-state index contributed by atoms with van der Waals surface area (Å²) in [6.07, 6.45) is 5.70. The SMILES string of the molecule is CSCCCCNc1snc(N)c1S(=O)(=O)C1CC1. The van der Waals surface area contributed by atoms with Gasteiger partial charge in [0.1, 0.15) is 9.90 Å². The molecule has 19 heavy (non-hydrogen) atoms. The second-order valence-corrected chi connectivity index (χ2v) is 8.52. The Hall–Kier alpha value is -0.470. The molecule has 1 fully saturated rings. The van der Waals surface area contributed by atoms with Crippen LogP contribution in [0.15, 0.2) is 4.90 Å². The number of nitrogens with one attached hydrogen (secondary N) is 1. The van der Waals surface area contributed by atoms with Crippen LogP contribution < -0.4 is 11.1 Å². The third-order valence-electron chi connectivity index (χ3n) is 2.98. The number of thioether (sulfide) groups is 1. The van der Waals surface area contributed by atoms with E-state index in [9.17, 15) is 8.42 Å². The van der Waals surface area contributed by atoms with E-state index in [1.165, 1.54) is 0 Å². The highest BCUT2D eigenvalue weighted by molar-refractivity contribution is 7.98. The Morgan fingerprint density at radius 1 is 1.47 bits per heavy atom. The van der Waals surface area contributed by atoms with Crippen molar-refractivity contribution in [3.63, 3.8) is 0 Å². The number of unbranched alkanes of at least 4 members (excludes halogenated alkanes) is 1. The average molecular weight is 321 g/mol. The van der Waals surface area contributed by atoms with Crippen LogP contribution in [0.3, 0.4) is 0 Å². The van der Waals surface area contributed by atoms with Crippen LogP contribution in [0.2, 0.25) is 0 Å². The van der Waals surface area contributed by atoms with E-state index in [0.29, 0.717) is 5.00 Å². The van der Waals surface area contributed by atoms with Crippen LogP contribution in [0, 0.1) is 0 Å². The molecule has 2 rings (SSSR count). The summed E-state index contributed by atoms with van der Waals surface area (Å²) in [5.41, 5.74) is 5.72. The maximum Gasteiger partial charge on any atom is 0.187 e. The Kier molecular flexibility index (Phi) is 4.97. The fourth-order valence-corrected chi connectivity index (χ4v) is 5.20. The van der Waals surface area contributed by atoms with Crippen molar-refractivity contribution in [2.45, 2.75) is 35.8 Å². The van der Waals surface area contributed by atoms with Crippen molar-refractivity contribution in [1.29, 1.82) is 0 Å². The van der Waals surface area contributed by atoms with Gasteiger partial charge in [0.05, 0.1) is 5.25 Å². The minimum atomic E-state index is -3.27. The number of hydrogen-bond acceptors (Lipinski definition) is 7. The lowest BCUT2D eigenvalue weighted by atomic mass is 10.3. The molecule has 0 saturated heterocycles. The standard InChI is InChI=1S/C11H19N3O2S3/c1-17-7-3-2-6-13-11-9(10(12)14-18-11)19(15,16)8-4-5-8/h8,13H,2-7H2,1H3,(H2,12,14). The molecule has 0 aromatic carbocycles. The van der Waals surface area contributed by atoms with Gasteiger partial charge in [0.2, 0.25) is 0 Å². The van der Waals surface area contributed by atoms with Gasteiger partial charge in [0.15, 0.2) is 15.7 Å². The fourth-order valence-electron chi connectivity index (χ4n) is 1.80. The molecule has 0 atom stereocenters. The van der Waals surface area contributed by atoms with Crippen LogP contribution in [0.1, 0.15) is 25.7 Å². The summed E-state index contributed by atoms with van der Waals surface area (Å²) in [4.78, 5) is 0.227. The number of aromatic nitrogens is 1. The summed E-state index contributed by atoms with van der Waals surface area (Å²) in [6.45, 7) is 0.759. The van der Waals surface area contributed by atoms with Gasteiger partial charge in [0.25, 0.3) is 0 Å². The monoisotopic (exact) mass is 321 g/mol. The predicted molar refractivity (Wildman–Crippen MR) is 82.8 cm³/mol. The lowest BCUT2D eigenvalue weighted by molar-refractivity contribution is 0.595. The number of nitrogens with two attached hydrogens (primary N) is 1. The molecule has 1 saturated carbocycles. The molecule has 0 radical (unpaired) electrons. The normalized spacial score (nSPS) is 15.6. The van der Waals surface area contributed by atoms with Crippen LogP contribution in [-0.4, -0.2) is 36.6 Å². The molecule has 0 unspecified atom stereocenters. The molecule has 1 aromatic rings. The first-order chi connectivity index (χ1) is 9.07. The molecule has 5 nitrogen and oxygen atoms in total. The van der Waals surface area contributed by atoms with Gasteiger partial charge in [-0.25, -0.2) is 8.42 Å². The third kappa shape index (κ3) is 3.55. The van der Waals surface area contributed by atoms with Crippen molar-refractivity contribution >= 4 is 44.0 Å². The second kappa shape index (κ2) is 6.32. The first-order valence-corrected chi connectivity index (χ1v) is 10.0. The minimum absolute atomic E-state index is 0.142. The van der Waals surface area contributed by atoms with E-state index in [0.717, 1.165) is 49.5 Å². The average Bonchev–Trinajstić information content (AvgIpc) is 3.15. The first kappa shape index (κ1) is 14.9. The summed E-state index contributed by atoms with van der Waals surface area (Å²) in [5, 5.41) is 3.53. The summed E-state index contributed by atoms with van der Waals surface area (Å²) >= 11 is 2.96. The molecule has 1 aliphatic rings. The van der Waals surface area contributed by atoms with Gasteiger partial charge in [-0.1, -0.05) is 0 Å². The topological polar surface area (TPSA) is 85.1 Å². The highest BCUT2D eigenvalue weighted by Crippen LogP contribution is 2.40.